The molecule has 69 heavy (non-hydrogen) atoms. The van der Waals surface area contributed by atoms with Crippen molar-refractivity contribution < 1.29 is 18.7 Å². The van der Waals surface area contributed by atoms with Crippen molar-refractivity contribution in [2.75, 3.05) is 7.11 Å². The molecule has 0 bridgehead atoms. The Balaban J connectivity index is 0.000000250. The zero-order valence-corrected chi connectivity index (χ0v) is 44.2. The summed E-state index contributed by atoms with van der Waals surface area (Å²) < 4.78 is 22.1. The highest BCUT2D eigenvalue weighted by atomic mass is 35.5. The third-order valence-electron chi connectivity index (χ3n) is 11.4. The molecule has 0 saturated heterocycles. The summed E-state index contributed by atoms with van der Waals surface area (Å²) in [5.41, 5.74) is 8.35. The molecule has 4 aromatic carbocycles. The summed E-state index contributed by atoms with van der Waals surface area (Å²) in [4.78, 5) is 11.8. The maximum atomic E-state index is 10.3. The Morgan fingerprint density at radius 3 is 1.33 bits per heavy atom. The van der Waals surface area contributed by atoms with Crippen LogP contribution in [0.3, 0.4) is 0 Å². The summed E-state index contributed by atoms with van der Waals surface area (Å²) in [5, 5.41) is 14.1. The predicted molar refractivity (Wildman–Crippen MR) is 294 cm³/mol. The molecule has 0 fully saturated rings. The van der Waals surface area contributed by atoms with Gasteiger partial charge in [0.15, 0.2) is 11.8 Å². The number of hydrogen-bond donors (Lipinski definition) is 1. The van der Waals surface area contributed by atoms with Crippen LogP contribution in [0.15, 0.2) is 116 Å². The first-order valence-electron chi connectivity index (χ1n) is 22.6. The van der Waals surface area contributed by atoms with Crippen LogP contribution in [-0.4, -0.2) is 40.8 Å². The van der Waals surface area contributed by atoms with Crippen molar-refractivity contribution >= 4 is 68.5 Å². The van der Waals surface area contributed by atoms with E-state index in [9.17, 15) is 5.11 Å². The van der Waals surface area contributed by atoms with Gasteiger partial charge in [-0.25, -0.2) is 9.97 Å². The minimum absolute atomic E-state index is 0. The van der Waals surface area contributed by atoms with Crippen LogP contribution in [-0.2, 0) is 36.8 Å². The van der Waals surface area contributed by atoms with Crippen molar-refractivity contribution in [1.82, 2.24) is 19.1 Å². The van der Waals surface area contributed by atoms with Crippen molar-refractivity contribution in [1.29, 1.82) is 0 Å². The number of benzene rings is 4. The molecule has 4 aromatic heterocycles. The number of aromatic hydroxyl groups is 1. The number of phenols is 1. The average Bonchev–Trinajstić information content (AvgIpc) is 4.02. The Kier molecular flexibility index (Phi) is 17.4. The lowest BCUT2D eigenvalue weighted by Gasteiger charge is -2.25. The lowest BCUT2D eigenvalue weighted by molar-refractivity contribution is 0.360. The monoisotopic (exact) mass is 1010 g/mol. The molecule has 8 rings (SSSR count). The first-order chi connectivity index (χ1) is 31.4. The van der Waals surface area contributed by atoms with Crippen LogP contribution in [0, 0.1) is 13.8 Å². The van der Waals surface area contributed by atoms with Crippen LogP contribution in [0.25, 0.3) is 21.8 Å². The number of methoxy groups -OCH3 is 1. The van der Waals surface area contributed by atoms with Gasteiger partial charge in [-0.05, 0) is 85.6 Å². The molecule has 0 unspecified atom stereocenters. The fourth-order valence-electron chi connectivity index (χ4n) is 8.26. The zero-order valence-electron chi connectivity index (χ0n) is 41.1. The van der Waals surface area contributed by atoms with E-state index >= 15 is 0 Å². The van der Waals surface area contributed by atoms with E-state index in [4.69, 9.17) is 36.8 Å². The number of aryl methyl sites for hydroxylation is 2. The molecule has 0 radical (unpaired) electrons. The van der Waals surface area contributed by atoms with Gasteiger partial charge < -0.3 is 27.8 Å². The van der Waals surface area contributed by atoms with E-state index in [0.717, 1.165) is 69.3 Å². The minimum atomic E-state index is -0.310. The normalized spacial score (nSPS) is 12.2. The van der Waals surface area contributed by atoms with E-state index in [1.807, 2.05) is 79.8 Å². The SMILES string of the molecule is C.C.COc1ccc2c(c1)c(SC(C)(C)C)c(CC(C)(C)c1nc(C)co1)n2Cc1ccc(Cl)cc1.Cc1coc(C(C)(C)Cc2c(SC(C)(C)C)c3cc(O)ccc3n2Cc2ccc(Cl)cc2)n1. The maximum absolute atomic E-state index is 10.3. The molecule has 370 valence electrons. The number of aromatic nitrogens is 4. The first kappa shape index (κ1) is 55.2. The highest BCUT2D eigenvalue weighted by Crippen LogP contribution is 2.46. The molecule has 0 aliphatic rings. The van der Waals surface area contributed by atoms with E-state index in [1.54, 1.807) is 25.7 Å². The van der Waals surface area contributed by atoms with Gasteiger partial charge in [0.25, 0.3) is 0 Å². The van der Waals surface area contributed by atoms with Crippen molar-refractivity contribution in [3.63, 3.8) is 0 Å². The molecular formula is C57H72Cl2N4O4S2. The second-order valence-corrected chi connectivity index (χ2v) is 25.2. The summed E-state index contributed by atoms with van der Waals surface area (Å²) >= 11 is 16.0. The zero-order chi connectivity index (χ0) is 48.6. The smallest absolute Gasteiger partial charge is 0.200 e. The van der Waals surface area contributed by atoms with Gasteiger partial charge in [-0.3, -0.25) is 0 Å². The van der Waals surface area contributed by atoms with E-state index in [1.165, 1.54) is 43.2 Å². The van der Waals surface area contributed by atoms with Crippen LogP contribution in [0.2, 0.25) is 10.0 Å². The van der Waals surface area contributed by atoms with E-state index in [0.29, 0.717) is 6.54 Å². The molecule has 0 amide bonds. The van der Waals surface area contributed by atoms with Gasteiger partial charge in [0, 0.05) is 99.3 Å². The summed E-state index contributed by atoms with van der Waals surface area (Å²) in [7, 11) is 1.72. The minimum Gasteiger partial charge on any atom is -0.508 e. The lowest BCUT2D eigenvalue weighted by atomic mass is 9.87. The number of nitrogens with zero attached hydrogens (tertiary/aromatic N) is 4. The molecule has 4 heterocycles. The Morgan fingerprint density at radius 1 is 0.580 bits per heavy atom. The molecule has 8 aromatic rings. The quantitative estimate of drug-likeness (QED) is 0.114. The number of phenolic OH excluding ortho intramolecular Hbond substituents is 1. The van der Waals surface area contributed by atoms with Gasteiger partial charge >= 0.3 is 0 Å². The van der Waals surface area contributed by atoms with Crippen molar-refractivity contribution in [2.24, 2.45) is 0 Å². The van der Waals surface area contributed by atoms with Crippen LogP contribution < -0.4 is 4.74 Å². The number of ether oxygens (including phenoxy) is 1. The van der Waals surface area contributed by atoms with Gasteiger partial charge in [0.2, 0.25) is 0 Å². The Hall–Kier alpha value is -4.74. The second kappa shape index (κ2) is 21.7. The van der Waals surface area contributed by atoms with Crippen LogP contribution in [0.4, 0.5) is 0 Å². The molecule has 0 spiro atoms. The van der Waals surface area contributed by atoms with E-state index < -0.39 is 0 Å². The van der Waals surface area contributed by atoms with Crippen molar-refractivity contribution in [3.05, 3.63) is 153 Å². The Bertz CT molecular complexity index is 2980. The van der Waals surface area contributed by atoms with Crippen LogP contribution in [0.1, 0.15) is 130 Å². The topological polar surface area (TPSA) is 91.4 Å². The number of rotatable bonds is 13. The molecule has 12 heteroatoms. The summed E-state index contributed by atoms with van der Waals surface area (Å²) in [5.74, 6) is 2.63. The van der Waals surface area contributed by atoms with Crippen LogP contribution >= 0.6 is 46.7 Å². The standard InChI is InChI=1S/C28H33ClN2O2S.C27H31ClN2O2S.2CH4/c1-18-17-33-26(30-18)28(5,6)15-24-25(34-27(2,3)4)22-14-21(32-7)12-13-23(22)31(24)16-19-8-10-20(29)11-9-19;1-17-16-32-25(29-17)27(5,6)14-23-24(33-26(2,3)4)21-13-20(31)11-12-22(21)30(23)15-18-7-9-19(28)10-8-18;;/h8-14,17H,15-16H2,1-7H3;7-13,16,31H,14-15H2,1-6H3;2*1H4. The van der Waals surface area contributed by atoms with Gasteiger partial charge in [-0.15, -0.1) is 23.5 Å². The average molecular weight is 1010 g/mol. The van der Waals surface area contributed by atoms with Crippen LogP contribution in [0.5, 0.6) is 11.5 Å². The predicted octanol–water partition coefficient (Wildman–Crippen LogP) is 17.1. The van der Waals surface area contributed by atoms with Gasteiger partial charge in [0.1, 0.15) is 24.0 Å². The fourth-order valence-corrected chi connectivity index (χ4v) is 10.9. The van der Waals surface area contributed by atoms with E-state index in [-0.39, 0.29) is 40.9 Å². The van der Waals surface area contributed by atoms with E-state index in [2.05, 4.69) is 125 Å². The molecule has 8 nitrogen and oxygen atoms in total. The maximum Gasteiger partial charge on any atom is 0.200 e. The molecule has 0 aliphatic carbocycles. The third kappa shape index (κ3) is 13.4. The molecule has 0 saturated carbocycles. The van der Waals surface area contributed by atoms with Gasteiger partial charge in [-0.1, -0.05) is 132 Å². The summed E-state index contributed by atoms with van der Waals surface area (Å²) in [6.45, 7) is 27.5. The number of hydrogen-bond acceptors (Lipinski definition) is 8. The highest BCUT2D eigenvalue weighted by Gasteiger charge is 2.34. The van der Waals surface area contributed by atoms with Gasteiger partial charge in [0.05, 0.1) is 18.5 Å². The Morgan fingerprint density at radius 2 is 0.971 bits per heavy atom. The number of halogens is 2. The molecule has 1 N–H and O–H groups in total. The molecule has 0 aliphatic heterocycles. The van der Waals surface area contributed by atoms with Crippen molar-refractivity contribution in [3.8, 4) is 11.5 Å². The summed E-state index contributed by atoms with van der Waals surface area (Å²) in [6, 6.07) is 28.1. The Labute approximate surface area is 429 Å². The highest BCUT2D eigenvalue weighted by molar-refractivity contribution is 8.01. The lowest BCUT2D eigenvalue weighted by Crippen LogP contribution is -2.24. The largest absolute Gasteiger partial charge is 0.508 e. The molecular weight excluding hydrogens is 940 g/mol. The van der Waals surface area contributed by atoms with Gasteiger partial charge in [-0.2, -0.15) is 0 Å². The van der Waals surface area contributed by atoms with Crippen molar-refractivity contribution in [2.45, 2.75) is 154 Å². The second-order valence-electron chi connectivity index (χ2n) is 20.7. The number of oxazole rings is 2. The third-order valence-corrected chi connectivity index (χ3v) is 14.4. The molecule has 0 atom stereocenters. The number of thioether (sulfide) groups is 2. The fraction of sp³-hybridized carbons (Fsp3) is 0.404. The first-order valence-corrected chi connectivity index (χ1v) is 25.0. The summed E-state index contributed by atoms with van der Waals surface area (Å²) in [6.07, 6.45) is 4.98. The number of fused-ring (bicyclic) bond motifs is 2.